The Morgan fingerprint density at radius 1 is 1.31 bits per heavy atom. The van der Waals surface area contributed by atoms with Gasteiger partial charge in [0.05, 0.1) is 21.1 Å². The Bertz CT molecular complexity index is 143. The van der Waals surface area contributed by atoms with E-state index in [1.165, 1.54) is 0 Å². The molecule has 0 aliphatic rings. The van der Waals surface area contributed by atoms with Crippen molar-refractivity contribution in [3.63, 3.8) is 0 Å². The molecule has 0 aromatic rings. The number of halogens is 1. The van der Waals surface area contributed by atoms with Crippen LogP contribution in [0.5, 0.6) is 0 Å². The first kappa shape index (κ1) is 15.6. The zero-order valence-corrected chi connectivity index (χ0v) is 11.1. The van der Waals surface area contributed by atoms with Gasteiger partial charge in [0, 0.05) is 6.42 Å². The third-order valence-electron chi connectivity index (χ3n) is 1.48. The molecule has 0 saturated heterocycles. The van der Waals surface area contributed by atoms with Crippen LogP contribution < -0.4 is 24.0 Å². The van der Waals surface area contributed by atoms with Crippen LogP contribution in [0.1, 0.15) is 19.8 Å². The van der Waals surface area contributed by atoms with Gasteiger partial charge in [0.15, 0.2) is 0 Å². The van der Waals surface area contributed by atoms with Gasteiger partial charge < -0.3 is 33.2 Å². The molecular formula is C9H20INO2. The third kappa shape index (κ3) is 12.2. The molecule has 0 fully saturated rings. The number of hydrogen-bond donors (Lipinski definition) is 0. The highest BCUT2D eigenvalue weighted by atomic mass is 127. The number of likely N-dealkylation sites (N-methyl/N-ethyl adjacent to an activating group) is 1. The van der Waals surface area contributed by atoms with Crippen LogP contribution in [-0.2, 0) is 9.53 Å². The minimum Gasteiger partial charge on any atom is -1.00 e. The molecule has 3 nitrogen and oxygen atoms in total. The van der Waals surface area contributed by atoms with Gasteiger partial charge in [-0.15, -0.1) is 0 Å². The Morgan fingerprint density at radius 3 is 2.23 bits per heavy atom. The average Bonchev–Trinajstić information content (AvgIpc) is 1.84. The number of quaternary nitrogens is 1. The standard InChI is InChI=1S/C9H20NO2.HI/c1-5-6-9(11)12-8-7-10(2,3)4;/h5-8H2,1-4H3;1H/q+1;/p-1. The van der Waals surface area contributed by atoms with Gasteiger partial charge in [-0.3, -0.25) is 4.79 Å². The molecule has 0 amide bonds. The first-order valence-corrected chi connectivity index (χ1v) is 4.42. The summed E-state index contributed by atoms with van der Waals surface area (Å²) < 4.78 is 5.84. The summed E-state index contributed by atoms with van der Waals surface area (Å²) in [7, 11) is 6.23. The van der Waals surface area contributed by atoms with E-state index in [4.69, 9.17) is 4.74 Å². The number of esters is 1. The van der Waals surface area contributed by atoms with E-state index in [0.29, 0.717) is 13.0 Å². The quantitative estimate of drug-likeness (QED) is 0.335. The van der Waals surface area contributed by atoms with Gasteiger partial charge in [0.25, 0.3) is 0 Å². The zero-order valence-electron chi connectivity index (χ0n) is 8.97. The van der Waals surface area contributed by atoms with E-state index in [9.17, 15) is 4.79 Å². The predicted octanol–water partition coefficient (Wildman–Crippen LogP) is -1.96. The Balaban J connectivity index is 0. The molecule has 0 rings (SSSR count). The molecule has 0 aliphatic heterocycles. The highest BCUT2D eigenvalue weighted by Gasteiger charge is 2.08. The molecule has 0 N–H and O–H groups in total. The second kappa shape index (κ2) is 7.55. The summed E-state index contributed by atoms with van der Waals surface area (Å²) in [5.41, 5.74) is 0. The monoisotopic (exact) mass is 301 g/mol. The van der Waals surface area contributed by atoms with Gasteiger partial charge in [-0.05, 0) is 6.42 Å². The van der Waals surface area contributed by atoms with E-state index in [-0.39, 0.29) is 29.9 Å². The maximum atomic E-state index is 10.9. The fourth-order valence-electron chi connectivity index (χ4n) is 0.710. The largest absolute Gasteiger partial charge is 1.00 e. The molecule has 0 aromatic carbocycles. The van der Waals surface area contributed by atoms with Crippen molar-refractivity contribution in [2.45, 2.75) is 19.8 Å². The van der Waals surface area contributed by atoms with Gasteiger partial charge in [0.2, 0.25) is 0 Å². The fraction of sp³-hybridized carbons (Fsp3) is 0.889. The van der Waals surface area contributed by atoms with Crippen LogP contribution in [-0.4, -0.2) is 44.7 Å². The van der Waals surface area contributed by atoms with Gasteiger partial charge in [-0.25, -0.2) is 0 Å². The molecule has 0 atom stereocenters. The molecule has 0 radical (unpaired) electrons. The summed E-state index contributed by atoms with van der Waals surface area (Å²) >= 11 is 0. The lowest BCUT2D eigenvalue weighted by Crippen LogP contribution is -3.00. The van der Waals surface area contributed by atoms with Crippen molar-refractivity contribution >= 4 is 5.97 Å². The molecule has 80 valence electrons. The maximum Gasteiger partial charge on any atom is 0.305 e. The van der Waals surface area contributed by atoms with Crippen LogP contribution in [0.2, 0.25) is 0 Å². The van der Waals surface area contributed by atoms with Crippen molar-refractivity contribution in [3.8, 4) is 0 Å². The van der Waals surface area contributed by atoms with Gasteiger partial charge in [0.1, 0.15) is 13.2 Å². The van der Waals surface area contributed by atoms with Crippen LogP contribution in [0.3, 0.4) is 0 Å². The van der Waals surface area contributed by atoms with E-state index in [1.807, 2.05) is 6.92 Å². The molecule has 0 aliphatic carbocycles. The maximum absolute atomic E-state index is 10.9. The zero-order chi connectivity index (χ0) is 9.61. The lowest BCUT2D eigenvalue weighted by molar-refractivity contribution is -0.870. The highest BCUT2D eigenvalue weighted by molar-refractivity contribution is 5.69. The first-order chi connectivity index (χ1) is 5.45. The van der Waals surface area contributed by atoms with Crippen LogP contribution in [0, 0.1) is 0 Å². The lowest BCUT2D eigenvalue weighted by Gasteiger charge is -2.23. The van der Waals surface area contributed by atoms with Crippen LogP contribution in [0.25, 0.3) is 0 Å². The normalized spacial score (nSPS) is 10.5. The lowest BCUT2D eigenvalue weighted by atomic mass is 10.3. The van der Waals surface area contributed by atoms with Gasteiger partial charge in [-0.2, -0.15) is 0 Å². The number of carbonyl (C=O) groups excluding carboxylic acids is 1. The van der Waals surface area contributed by atoms with Crippen molar-refractivity contribution in [2.24, 2.45) is 0 Å². The molecule has 4 heteroatoms. The van der Waals surface area contributed by atoms with Crippen molar-refractivity contribution in [2.75, 3.05) is 34.3 Å². The SMILES string of the molecule is CCCC(=O)OCC[N+](C)(C)C.[I-]. The number of rotatable bonds is 5. The summed E-state index contributed by atoms with van der Waals surface area (Å²) in [6.07, 6.45) is 1.40. The number of nitrogens with zero attached hydrogens (tertiary/aromatic N) is 1. The second-order valence-electron chi connectivity index (χ2n) is 3.98. The minimum absolute atomic E-state index is 0. The van der Waals surface area contributed by atoms with Crippen molar-refractivity contribution in [1.29, 1.82) is 0 Å². The summed E-state index contributed by atoms with van der Waals surface area (Å²) in [6, 6.07) is 0. The first-order valence-electron chi connectivity index (χ1n) is 4.42. The van der Waals surface area contributed by atoms with Crippen LogP contribution >= 0.6 is 0 Å². The second-order valence-corrected chi connectivity index (χ2v) is 3.98. The van der Waals surface area contributed by atoms with Crippen LogP contribution in [0.4, 0.5) is 0 Å². The molecule has 0 aromatic heterocycles. The summed E-state index contributed by atoms with van der Waals surface area (Å²) in [5.74, 6) is -0.0778. The number of ether oxygens (including phenoxy) is 1. The van der Waals surface area contributed by atoms with Gasteiger partial charge in [-0.1, -0.05) is 6.92 Å². The number of carbonyl (C=O) groups is 1. The Labute approximate surface area is 98.0 Å². The summed E-state index contributed by atoms with van der Waals surface area (Å²) in [4.78, 5) is 10.9. The van der Waals surface area contributed by atoms with E-state index < -0.39 is 0 Å². The Kier molecular flexibility index (Phi) is 9.08. The van der Waals surface area contributed by atoms with E-state index in [1.54, 1.807) is 0 Å². The van der Waals surface area contributed by atoms with Gasteiger partial charge >= 0.3 is 5.97 Å². The Hall–Kier alpha value is 0.160. The smallest absolute Gasteiger partial charge is 0.305 e. The Morgan fingerprint density at radius 2 is 1.85 bits per heavy atom. The average molecular weight is 301 g/mol. The number of hydrogen-bond acceptors (Lipinski definition) is 2. The van der Waals surface area contributed by atoms with E-state index >= 15 is 0 Å². The molecular weight excluding hydrogens is 281 g/mol. The van der Waals surface area contributed by atoms with E-state index in [0.717, 1.165) is 17.4 Å². The van der Waals surface area contributed by atoms with Crippen molar-refractivity contribution < 1.29 is 38.0 Å². The van der Waals surface area contributed by atoms with Crippen molar-refractivity contribution in [3.05, 3.63) is 0 Å². The molecule has 0 heterocycles. The predicted molar refractivity (Wildman–Crippen MR) is 48.8 cm³/mol. The third-order valence-corrected chi connectivity index (χ3v) is 1.48. The molecule has 0 unspecified atom stereocenters. The topological polar surface area (TPSA) is 26.3 Å². The highest BCUT2D eigenvalue weighted by Crippen LogP contribution is 1.93. The molecule has 13 heavy (non-hydrogen) atoms. The molecule has 0 spiro atoms. The van der Waals surface area contributed by atoms with E-state index in [2.05, 4.69) is 21.1 Å². The van der Waals surface area contributed by atoms with Crippen molar-refractivity contribution in [1.82, 2.24) is 0 Å². The van der Waals surface area contributed by atoms with Crippen LogP contribution in [0.15, 0.2) is 0 Å². The molecule has 0 saturated carbocycles. The summed E-state index contributed by atoms with van der Waals surface area (Å²) in [5, 5.41) is 0. The fourth-order valence-corrected chi connectivity index (χ4v) is 0.710. The minimum atomic E-state index is -0.0778. The molecule has 0 bridgehead atoms. The summed E-state index contributed by atoms with van der Waals surface area (Å²) in [6.45, 7) is 3.37.